The fourth-order valence-electron chi connectivity index (χ4n) is 3.12. The molecule has 1 N–H and O–H groups in total. The molecular formula is C16H23ClN2O4S. The first-order valence-electron chi connectivity index (χ1n) is 7.90. The maximum atomic E-state index is 12.9. The lowest BCUT2D eigenvalue weighted by molar-refractivity contribution is -0.138. The van der Waals surface area contributed by atoms with Gasteiger partial charge >= 0.3 is 5.97 Å². The van der Waals surface area contributed by atoms with Crippen LogP contribution >= 0.6 is 11.6 Å². The summed E-state index contributed by atoms with van der Waals surface area (Å²) in [6.07, 6.45) is 2.12. The number of carbonyl (C=O) groups is 1. The van der Waals surface area contributed by atoms with E-state index >= 15 is 0 Å². The summed E-state index contributed by atoms with van der Waals surface area (Å²) in [5, 5.41) is 9.42. The molecule has 1 heterocycles. The number of nitrogens with zero attached hydrogens (tertiary/aromatic N) is 2. The Balaban J connectivity index is 2.14. The average molecular weight is 375 g/mol. The van der Waals surface area contributed by atoms with Crippen LogP contribution in [0, 0.1) is 6.92 Å². The lowest BCUT2D eigenvalue weighted by Gasteiger charge is -2.25. The number of likely N-dealkylation sites (N-methyl/N-ethyl adjacent to an activating group) is 1. The zero-order valence-corrected chi connectivity index (χ0v) is 15.5. The number of hydrogen-bond acceptors (Lipinski definition) is 4. The van der Waals surface area contributed by atoms with Crippen molar-refractivity contribution in [1.82, 2.24) is 9.21 Å². The van der Waals surface area contributed by atoms with E-state index in [1.807, 2.05) is 0 Å². The van der Waals surface area contributed by atoms with Crippen LogP contribution in [0.1, 0.15) is 24.8 Å². The first-order chi connectivity index (χ1) is 11.2. The summed E-state index contributed by atoms with van der Waals surface area (Å²) in [5.74, 6) is -0.872. The molecule has 0 spiro atoms. The van der Waals surface area contributed by atoms with Gasteiger partial charge in [-0.2, -0.15) is 4.31 Å². The Morgan fingerprint density at radius 3 is 2.71 bits per heavy atom. The summed E-state index contributed by atoms with van der Waals surface area (Å²) >= 11 is 5.91. The highest BCUT2D eigenvalue weighted by Crippen LogP contribution is 2.26. The Morgan fingerprint density at radius 2 is 2.08 bits per heavy atom. The average Bonchev–Trinajstić information content (AvgIpc) is 2.72. The smallest absolute Gasteiger partial charge is 0.317 e. The van der Waals surface area contributed by atoms with Gasteiger partial charge in [0.05, 0.1) is 11.4 Å². The van der Waals surface area contributed by atoms with E-state index < -0.39 is 16.0 Å². The van der Waals surface area contributed by atoms with Crippen molar-refractivity contribution in [1.29, 1.82) is 0 Å². The van der Waals surface area contributed by atoms with Gasteiger partial charge in [0, 0.05) is 24.2 Å². The molecule has 1 saturated heterocycles. The van der Waals surface area contributed by atoms with Crippen LogP contribution < -0.4 is 0 Å². The molecule has 1 unspecified atom stereocenters. The molecule has 134 valence electrons. The highest BCUT2D eigenvalue weighted by molar-refractivity contribution is 7.89. The molecule has 1 atom stereocenters. The number of aryl methyl sites for hydroxylation is 1. The highest BCUT2D eigenvalue weighted by Gasteiger charge is 2.30. The quantitative estimate of drug-likeness (QED) is 0.854. The number of carboxylic acids is 1. The molecule has 1 aliphatic rings. The molecule has 1 aliphatic heterocycles. The van der Waals surface area contributed by atoms with Crippen LogP contribution in [0.3, 0.4) is 0 Å². The predicted molar refractivity (Wildman–Crippen MR) is 92.9 cm³/mol. The molecule has 0 bridgehead atoms. The minimum absolute atomic E-state index is 0.0340. The third-order valence-electron chi connectivity index (χ3n) is 4.42. The Hall–Kier alpha value is -1.15. The molecule has 0 aliphatic carbocycles. The van der Waals surface area contributed by atoms with E-state index in [2.05, 4.69) is 0 Å². The zero-order valence-electron chi connectivity index (χ0n) is 13.9. The van der Waals surface area contributed by atoms with Crippen LogP contribution in [0.2, 0.25) is 5.02 Å². The SMILES string of the molecule is Cc1cc(Cl)ccc1S(=O)(=O)N1CCCC(N(C)CC(=O)O)CC1. The van der Waals surface area contributed by atoms with E-state index in [0.29, 0.717) is 36.5 Å². The van der Waals surface area contributed by atoms with Crippen LogP contribution in [0.15, 0.2) is 23.1 Å². The maximum absolute atomic E-state index is 12.9. The second kappa shape index (κ2) is 7.82. The molecule has 0 aromatic heterocycles. The molecule has 0 saturated carbocycles. The van der Waals surface area contributed by atoms with E-state index in [4.69, 9.17) is 16.7 Å². The lowest BCUT2D eigenvalue weighted by Crippen LogP contribution is -2.37. The molecule has 0 radical (unpaired) electrons. The van der Waals surface area contributed by atoms with Gasteiger partial charge in [0.25, 0.3) is 0 Å². The molecule has 24 heavy (non-hydrogen) atoms. The Morgan fingerprint density at radius 1 is 1.38 bits per heavy atom. The second-order valence-corrected chi connectivity index (χ2v) is 8.55. The monoisotopic (exact) mass is 374 g/mol. The van der Waals surface area contributed by atoms with Crippen LogP contribution in [0.25, 0.3) is 0 Å². The van der Waals surface area contributed by atoms with Gasteiger partial charge in [-0.05, 0) is 57.0 Å². The lowest BCUT2D eigenvalue weighted by atomic mass is 10.1. The number of hydrogen-bond donors (Lipinski definition) is 1. The molecule has 2 rings (SSSR count). The second-order valence-electron chi connectivity index (χ2n) is 6.21. The number of carboxylic acid groups (broad SMARTS) is 1. The summed E-state index contributed by atoms with van der Waals surface area (Å²) in [7, 11) is -1.79. The third-order valence-corrected chi connectivity index (χ3v) is 6.71. The van der Waals surface area contributed by atoms with Crippen molar-refractivity contribution in [2.45, 2.75) is 37.1 Å². The van der Waals surface area contributed by atoms with Crippen molar-refractivity contribution in [2.24, 2.45) is 0 Å². The van der Waals surface area contributed by atoms with Crippen molar-refractivity contribution >= 4 is 27.6 Å². The standard InChI is InChI=1S/C16H23ClN2O4S/c1-12-10-13(17)5-6-15(12)24(22,23)19-8-3-4-14(7-9-19)18(2)11-16(20)21/h5-6,10,14H,3-4,7-9,11H2,1-2H3,(H,20,21). The van der Waals surface area contributed by atoms with Gasteiger partial charge in [-0.15, -0.1) is 0 Å². The van der Waals surface area contributed by atoms with Crippen LogP contribution in [-0.2, 0) is 14.8 Å². The first kappa shape index (κ1) is 19.2. The largest absolute Gasteiger partial charge is 0.480 e. The van der Waals surface area contributed by atoms with E-state index in [9.17, 15) is 13.2 Å². The summed E-state index contributed by atoms with van der Waals surface area (Å²) < 4.78 is 27.3. The first-order valence-corrected chi connectivity index (χ1v) is 9.72. The molecule has 1 fully saturated rings. The number of aliphatic carboxylic acids is 1. The van der Waals surface area contributed by atoms with Gasteiger partial charge in [-0.3, -0.25) is 9.69 Å². The van der Waals surface area contributed by atoms with E-state index in [1.54, 1.807) is 37.1 Å². The number of halogens is 1. The van der Waals surface area contributed by atoms with Gasteiger partial charge in [0.1, 0.15) is 0 Å². The highest BCUT2D eigenvalue weighted by atomic mass is 35.5. The molecule has 6 nitrogen and oxygen atoms in total. The Bertz CT molecular complexity index is 708. The third kappa shape index (κ3) is 4.47. The molecule has 8 heteroatoms. The molecule has 1 aromatic rings. The summed E-state index contributed by atoms with van der Waals surface area (Å²) in [6, 6.07) is 4.86. The van der Waals surface area contributed by atoms with Crippen molar-refractivity contribution in [3.8, 4) is 0 Å². The molecule has 0 amide bonds. The Labute approximate surface area is 148 Å². The minimum Gasteiger partial charge on any atom is -0.480 e. The van der Waals surface area contributed by atoms with Crippen LogP contribution in [0.5, 0.6) is 0 Å². The fourth-order valence-corrected chi connectivity index (χ4v) is 5.04. The van der Waals surface area contributed by atoms with Gasteiger partial charge in [-0.25, -0.2) is 8.42 Å². The molecule has 1 aromatic carbocycles. The topological polar surface area (TPSA) is 77.9 Å². The predicted octanol–water partition coefficient (Wildman–Crippen LogP) is 2.21. The number of sulfonamides is 1. The Kier molecular flexibility index (Phi) is 6.25. The van der Waals surface area contributed by atoms with Crippen molar-refractivity contribution in [3.05, 3.63) is 28.8 Å². The van der Waals surface area contributed by atoms with Crippen molar-refractivity contribution in [3.63, 3.8) is 0 Å². The maximum Gasteiger partial charge on any atom is 0.317 e. The van der Waals surface area contributed by atoms with Gasteiger partial charge < -0.3 is 5.11 Å². The van der Waals surface area contributed by atoms with Gasteiger partial charge in [-0.1, -0.05) is 11.6 Å². The fraction of sp³-hybridized carbons (Fsp3) is 0.562. The summed E-state index contributed by atoms with van der Waals surface area (Å²) in [6.45, 7) is 2.54. The minimum atomic E-state index is -3.57. The summed E-state index contributed by atoms with van der Waals surface area (Å²) in [5.41, 5.74) is 0.631. The van der Waals surface area contributed by atoms with Crippen molar-refractivity contribution < 1.29 is 18.3 Å². The van der Waals surface area contributed by atoms with Crippen LogP contribution in [-0.4, -0.2) is 61.4 Å². The summed E-state index contributed by atoms with van der Waals surface area (Å²) in [4.78, 5) is 12.9. The van der Waals surface area contributed by atoms with Gasteiger partial charge in [0.15, 0.2) is 0 Å². The number of benzene rings is 1. The van der Waals surface area contributed by atoms with Crippen molar-refractivity contribution in [2.75, 3.05) is 26.7 Å². The van der Waals surface area contributed by atoms with E-state index in [1.165, 1.54) is 4.31 Å². The zero-order chi connectivity index (χ0) is 17.9. The number of rotatable bonds is 5. The van der Waals surface area contributed by atoms with E-state index in [0.717, 1.165) is 6.42 Å². The van der Waals surface area contributed by atoms with Crippen LogP contribution in [0.4, 0.5) is 0 Å². The van der Waals surface area contributed by atoms with Gasteiger partial charge in [0.2, 0.25) is 10.0 Å². The van der Waals surface area contributed by atoms with E-state index in [-0.39, 0.29) is 17.5 Å². The molecular weight excluding hydrogens is 352 g/mol. The normalized spacial score (nSPS) is 20.1.